The zero-order valence-corrected chi connectivity index (χ0v) is 14.2. The summed E-state index contributed by atoms with van der Waals surface area (Å²) in [4.78, 5) is 12.0. The number of hydrogen-bond donors (Lipinski definition) is 3. The molecule has 0 aliphatic heterocycles. The summed E-state index contributed by atoms with van der Waals surface area (Å²) >= 11 is 5.21. The third-order valence-electron chi connectivity index (χ3n) is 3.36. The molecule has 0 saturated carbocycles. The predicted octanol–water partition coefficient (Wildman–Crippen LogP) is 3.48. The number of benzene rings is 2. The highest BCUT2D eigenvalue weighted by Crippen LogP contribution is 2.15. The first-order valence-corrected chi connectivity index (χ1v) is 7.98. The van der Waals surface area contributed by atoms with Crippen LogP contribution in [-0.4, -0.2) is 17.6 Å². The number of aryl methyl sites for hydroxylation is 2. The van der Waals surface area contributed by atoms with Gasteiger partial charge in [0.25, 0.3) is 0 Å². The minimum atomic E-state index is -0.126. The summed E-state index contributed by atoms with van der Waals surface area (Å²) in [5, 5.41) is 9.31. The van der Waals surface area contributed by atoms with Crippen LogP contribution in [0.15, 0.2) is 48.5 Å². The molecule has 0 radical (unpaired) electrons. The molecule has 1 amide bonds. The molecule has 5 heteroatoms. The third kappa shape index (κ3) is 5.38. The van der Waals surface area contributed by atoms with Crippen molar-refractivity contribution in [3.05, 3.63) is 59.7 Å². The topological polar surface area (TPSA) is 53.2 Å². The van der Waals surface area contributed by atoms with Crippen molar-refractivity contribution in [2.45, 2.75) is 20.3 Å². The molecule has 3 N–H and O–H groups in total. The SMILES string of the molecule is CCc1ccccc1NC(=O)CNC(=S)Nc1cccc(C)c1. The molecular weight excluding hydrogens is 306 g/mol. The molecule has 0 unspecified atom stereocenters. The van der Waals surface area contributed by atoms with Crippen LogP contribution in [0.4, 0.5) is 11.4 Å². The van der Waals surface area contributed by atoms with Crippen molar-refractivity contribution in [2.75, 3.05) is 17.2 Å². The highest BCUT2D eigenvalue weighted by atomic mass is 32.1. The maximum Gasteiger partial charge on any atom is 0.243 e. The molecule has 0 aromatic heterocycles. The van der Waals surface area contributed by atoms with Crippen LogP contribution in [0.3, 0.4) is 0 Å². The van der Waals surface area contributed by atoms with Crippen LogP contribution in [0.1, 0.15) is 18.1 Å². The minimum Gasteiger partial charge on any atom is -0.353 e. The lowest BCUT2D eigenvalue weighted by Crippen LogP contribution is -2.35. The second-order valence-corrected chi connectivity index (χ2v) is 5.64. The smallest absolute Gasteiger partial charge is 0.243 e. The van der Waals surface area contributed by atoms with Crippen LogP contribution in [0.25, 0.3) is 0 Å². The van der Waals surface area contributed by atoms with Gasteiger partial charge in [0.1, 0.15) is 0 Å². The van der Waals surface area contributed by atoms with Gasteiger partial charge in [0.15, 0.2) is 5.11 Å². The molecule has 2 aromatic rings. The zero-order valence-electron chi connectivity index (χ0n) is 13.3. The zero-order chi connectivity index (χ0) is 16.7. The van der Waals surface area contributed by atoms with Crippen LogP contribution in [0.2, 0.25) is 0 Å². The molecular formula is C18H21N3OS. The Morgan fingerprint density at radius 1 is 1.09 bits per heavy atom. The molecule has 0 spiro atoms. The number of para-hydroxylation sites is 1. The van der Waals surface area contributed by atoms with Gasteiger partial charge in [-0.1, -0.05) is 37.3 Å². The molecule has 4 nitrogen and oxygen atoms in total. The maximum atomic E-state index is 12.0. The number of amides is 1. The average Bonchev–Trinajstić information content (AvgIpc) is 2.53. The number of nitrogens with one attached hydrogen (secondary N) is 3. The summed E-state index contributed by atoms with van der Waals surface area (Å²) in [5.74, 6) is -0.126. The Kier molecular flexibility index (Phi) is 6.11. The first kappa shape index (κ1) is 17.0. The third-order valence-corrected chi connectivity index (χ3v) is 3.60. The van der Waals surface area contributed by atoms with Crippen LogP contribution < -0.4 is 16.0 Å². The standard InChI is InChI=1S/C18H21N3OS/c1-3-14-8-4-5-10-16(14)21-17(22)12-19-18(23)20-15-9-6-7-13(2)11-15/h4-11H,3,12H2,1-2H3,(H,21,22)(H2,19,20,23). The van der Waals surface area contributed by atoms with Gasteiger partial charge < -0.3 is 16.0 Å². The van der Waals surface area contributed by atoms with E-state index < -0.39 is 0 Å². The van der Waals surface area contributed by atoms with Crippen molar-refractivity contribution in [1.29, 1.82) is 0 Å². The number of anilines is 2. The van der Waals surface area contributed by atoms with E-state index in [9.17, 15) is 4.79 Å². The van der Waals surface area contributed by atoms with Crippen molar-refractivity contribution in [3.63, 3.8) is 0 Å². The maximum absolute atomic E-state index is 12.0. The van der Waals surface area contributed by atoms with E-state index in [0.29, 0.717) is 5.11 Å². The van der Waals surface area contributed by atoms with Crippen molar-refractivity contribution in [1.82, 2.24) is 5.32 Å². The largest absolute Gasteiger partial charge is 0.353 e. The van der Waals surface area contributed by atoms with Gasteiger partial charge in [-0.2, -0.15) is 0 Å². The fourth-order valence-corrected chi connectivity index (χ4v) is 2.39. The lowest BCUT2D eigenvalue weighted by Gasteiger charge is -2.12. The molecule has 0 heterocycles. The lowest BCUT2D eigenvalue weighted by molar-refractivity contribution is -0.115. The van der Waals surface area contributed by atoms with Crippen molar-refractivity contribution < 1.29 is 4.79 Å². The van der Waals surface area contributed by atoms with Crippen molar-refractivity contribution in [2.24, 2.45) is 0 Å². The molecule has 0 bridgehead atoms. The Balaban J connectivity index is 1.83. The van der Waals surface area contributed by atoms with E-state index in [4.69, 9.17) is 12.2 Å². The van der Waals surface area contributed by atoms with E-state index in [1.165, 1.54) is 0 Å². The van der Waals surface area contributed by atoms with E-state index in [1.54, 1.807) is 0 Å². The number of carbonyl (C=O) groups excluding carboxylic acids is 1. The monoisotopic (exact) mass is 327 g/mol. The van der Waals surface area contributed by atoms with Crippen LogP contribution in [0, 0.1) is 6.92 Å². The fraction of sp³-hybridized carbons (Fsp3) is 0.222. The molecule has 0 atom stereocenters. The summed E-state index contributed by atoms with van der Waals surface area (Å²) in [5.41, 5.74) is 4.01. The van der Waals surface area contributed by atoms with E-state index in [1.807, 2.05) is 55.5 Å². The van der Waals surface area contributed by atoms with E-state index in [2.05, 4.69) is 22.9 Å². The Hall–Kier alpha value is -2.40. The van der Waals surface area contributed by atoms with Gasteiger partial charge >= 0.3 is 0 Å². The molecule has 0 aliphatic carbocycles. The number of thiocarbonyl (C=S) groups is 1. The number of hydrogen-bond acceptors (Lipinski definition) is 2. The van der Waals surface area contributed by atoms with Crippen LogP contribution in [-0.2, 0) is 11.2 Å². The van der Waals surface area contributed by atoms with Gasteiger partial charge in [-0.3, -0.25) is 4.79 Å². The van der Waals surface area contributed by atoms with Gasteiger partial charge in [0.05, 0.1) is 6.54 Å². The first-order chi connectivity index (χ1) is 11.1. The molecule has 23 heavy (non-hydrogen) atoms. The van der Waals surface area contributed by atoms with Crippen molar-refractivity contribution >= 4 is 34.6 Å². The predicted molar refractivity (Wildman–Crippen MR) is 99.9 cm³/mol. The summed E-state index contributed by atoms with van der Waals surface area (Å²) in [7, 11) is 0. The minimum absolute atomic E-state index is 0.121. The highest BCUT2D eigenvalue weighted by molar-refractivity contribution is 7.80. The summed E-state index contributed by atoms with van der Waals surface area (Å²) < 4.78 is 0. The quantitative estimate of drug-likeness (QED) is 0.736. The van der Waals surface area contributed by atoms with E-state index >= 15 is 0 Å². The Labute approximate surface area is 142 Å². The average molecular weight is 327 g/mol. The number of carbonyl (C=O) groups is 1. The Bertz CT molecular complexity index is 700. The van der Waals surface area contributed by atoms with Gasteiger partial charge in [0, 0.05) is 11.4 Å². The highest BCUT2D eigenvalue weighted by Gasteiger charge is 2.06. The molecule has 120 valence electrons. The van der Waals surface area contributed by atoms with E-state index in [0.717, 1.165) is 28.9 Å². The molecule has 2 rings (SSSR count). The molecule has 0 fully saturated rings. The summed E-state index contributed by atoms with van der Waals surface area (Å²) in [6.45, 7) is 4.19. The first-order valence-electron chi connectivity index (χ1n) is 7.57. The number of rotatable bonds is 5. The van der Waals surface area contributed by atoms with E-state index in [-0.39, 0.29) is 12.5 Å². The molecule has 0 aliphatic rings. The Morgan fingerprint density at radius 2 is 1.87 bits per heavy atom. The summed E-state index contributed by atoms with van der Waals surface area (Å²) in [6, 6.07) is 15.7. The van der Waals surface area contributed by atoms with Gasteiger partial charge in [-0.05, 0) is 54.9 Å². The van der Waals surface area contributed by atoms with Crippen LogP contribution in [0.5, 0.6) is 0 Å². The molecule has 2 aromatic carbocycles. The fourth-order valence-electron chi connectivity index (χ4n) is 2.20. The summed E-state index contributed by atoms with van der Waals surface area (Å²) in [6.07, 6.45) is 0.872. The second kappa shape index (κ2) is 8.29. The van der Waals surface area contributed by atoms with Crippen LogP contribution >= 0.6 is 12.2 Å². The molecule has 0 saturated heterocycles. The lowest BCUT2D eigenvalue weighted by atomic mass is 10.1. The van der Waals surface area contributed by atoms with Gasteiger partial charge in [-0.15, -0.1) is 0 Å². The normalized spacial score (nSPS) is 10.0. The van der Waals surface area contributed by atoms with Crippen molar-refractivity contribution in [3.8, 4) is 0 Å². The van der Waals surface area contributed by atoms with Gasteiger partial charge in [0.2, 0.25) is 5.91 Å². The Morgan fingerprint density at radius 3 is 2.61 bits per heavy atom. The second-order valence-electron chi connectivity index (χ2n) is 5.24. The van der Waals surface area contributed by atoms with Gasteiger partial charge in [-0.25, -0.2) is 0 Å².